The highest BCUT2D eigenvalue weighted by Gasteiger charge is 2.28. The topological polar surface area (TPSA) is 105 Å². The van der Waals surface area contributed by atoms with Crippen LogP contribution in [-0.2, 0) is 4.79 Å². The average Bonchev–Trinajstić information content (AvgIpc) is 3.61. The van der Waals surface area contributed by atoms with Crippen LogP contribution in [0.2, 0.25) is 5.15 Å². The molecule has 0 saturated heterocycles. The van der Waals surface area contributed by atoms with Crippen molar-refractivity contribution in [1.29, 1.82) is 0 Å². The van der Waals surface area contributed by atoms with Crippen LogP contribution in [0.3, 0.4) is 0 Å². The summed E-state index contributed by atoms with van der Waals surface area (Å²) in [6.07, 6.45) is 6.17. The summed E-state index contributed by atoms with van der Waals surface area (Å²) in [7, 11) is 0. The van der Waals surface area contributed by atoms with E-state index in [1.54, 1.807) is 42.1 Å². The zero-order valence-electron chi connectivity index (χ0n) is 22.5. The standard InChI is InChI=1S/C30H26ClF2N7O2/c1-18-6-4-10-22(19-7-5-8-20(14-19)28-24(35-29(18)41)15-34-40(28)30(32)33)26-13-12-21(16-39(26)42)23-9-2-3-11-25(23)38-17-27(31)36-37-38/h2-3,5,7-9,11-18,22,30H,4,6,10H2,1H3,(H,35,41)/t18-,22+/m1/s1. The van der Waals surface area contributed by atoms with Crippen LogP contribution in [0.1, 0.15) is 49.9 Å². The van der Waals surface area contributed by atoms with Crippen LogP contribution >= 0.6 is 11.6 Å². The molecule has 1 N–H and O–H groups in total. The first-order valence-corrected chi connectivity index (χ1v) is 13.9. The van der Waals surface area contributed by atoms with Gasteiger partial charge in [-0.25, -0.2) is 9.36 Å². The van der Waals surface area contributed by atoms with E-state index in [9.17, 15) is 18.8 Å². The fourth-order valence-corrected chi connectivity index (χ4v) is 5.62. The third-order valence-electron chi connectivity index (χ3n) is 7.61. The lowest BCUT2D eigenvalue weighted by Gasteiger charge is -2.21. The molecule has 42 heavy (non-hydrogen) atoms. The largest absolute Gasteiger partial charge is 0.618 e. The first-order valence-electron chi connectivity index (χ1n) is 13.5. The summed E-state index contributed by atoms with van der Waals surface area (Å²) in [5, 5.41) is 28.4. The molecular formula is C30H26ClF2N7O2. The fraction of sp³-hybridized carbons (Fsp3) is 0.233. The van der Waals surface area contributed by atoms with E-state index in [1.807, 2.05) is 36.4 Å². The number of aromatic nitrogens is 6. The number of fused-ring (bicyclic) bond motifs is 4. The number of carbonyl (C=O) groups is 1. The highest BCUT2D eigenvalue weighted by atomic mass is 35.5. The van der Waals surface area contributed by atoms with E-state index in [-0.39, 0.29) is 34.3 Å². The number of amides is 1. The Morgan fingerprint density at radius 3 is 2.69 bits per heavy atom. The number of carbonyl (C=O) groups excluding carboxylic acids is 1. The van der Waals surface area contributed by atoms with Gasteiger partial charge in [-0.3, -0.25) is 4.79 Å². The summed E-state index contributed by atoms with van der Waals surface area (Å²) in [5.74, 6) is -0.981. The number of nitrogens with zero attached hydrogens (tertiary/aromatic N) is 6. The van der Waals surface area contributed by atoms with Gasteiger partial charge in [0, 0.05) is 28.7 Å². The Hall–Kier alpha value is -4.64. The Bertz CT molecular complexity index is 1770. The Labute approximate surface area is 244 Å². The van der Waals surface area contributed by atoms with Crippen molar-refractivity contribution in [2.24, 2.45) is 5.92 Å². The van der Waals surface area contributed by atoms with E-state index in [0.717, 1.165) is 15.9 Å². The van der Waals surface area contributed by atoms with E-state index < -0.39 is 6.55 Å². The molecule has 0 fully saturated rings. The van der Waals surface area contributed by atoms with Crippen LogP contribution in [0.15, 0.2) is 79.3 Å². The number of nitrogens with one attached hydrogen (secondary N) is 1. The number of hydrogen-bond donors (Lipinski definition) is 1. The molecule has 6 rings (SSSR count). The number of para-hydroxylation sites is 1. The molecule has 1 aliphatic rings. The number of pyridine rings is 1. The summed E-state index contributed by atoms with van der Waals surface area (Å²) in [6, 6.07) is 18.3. The van der Waals surface area contributed by atoms with Crippen LogP contribution in [0.5, 0.6) is 0 Å². The highest BCUT2D eigenvalue weighted by molar-refractivity contribution is 6.29. The van der Waals surface area contributed by atoms with Crippen molar-refractivity contribution in [3.8, 4) is 28.1 Å². The van der Waals surface area contributed by atoms with Gasteiger partial charge in [0.05, 0.1) is 35.4 Å². The molecule has 2 atom stereocenters. The predicted octanol–water partition coefficient (Wildman–Crippen LogP) is 6.37. The van der Waals surface area contributed by atoms with E-state index >= 15 is 0 Å². The van der Waals surface area contributed by atoms with Crippen LogP contribution in [-0.4, -0.2) is 30.7 Å². The van der Waals surface area contributed by atoms with Crippen molar-refractivity contribution in [2.75, 3.05) is 5.32 Å². The summed E-state index contributed by atoms with van der Waals surface area (Å²) < 4.78 is 30.8. The molecule has 1 amide bonds. The van der Waals surface area contributed by atoms with E-state index in [4.69, 9.17) is 11.6 Å². The average molecular weight is 590 g/mol. The molecular weight excluding hydrogens is 564 g/mol. The van der Waals surface area contributed by atoms with Crippen molar-refractivity contribution < 1.29 is 18.3 Å². The number of anilines is 1. The van der Waals surface area contributed by atoms with Crippen molar-refractivity contribution in [3.63, 3.8) is 0 Å². The summed E-state index contributed by atoms with van der Waals surface area (Å²) in [6.45, 7) is -1.10. The lowest BCUT2D eigenvalue weighted by atomic mass is 9.86. The van der Waals surface area contributed by atoms with Gasteiger partial charge in [-0.2, -0.15) is 18.6 Å². The molecule has 0 unspecified atom stereocenters. The molecule has 4 heterocycles. The molecule has 0 radical (unpaired) electrons. The van der Waals surface area contributed by atoms with Crippen LogP contribution in [0, 0.1) is 11.1 Å². The van der Waals surface area contributed by atoms with Gasteiger partial charge in [-0.1, -0.05) is 66.6 Å². The summed E-state index contributed by atoms with van der Waals surface area (Å²) >= 11 is 5.98. The first-order chi connectivity index (χ1) is 20.3. The number of alkyl halides is 2. The molecule has 5 aromatic rings. The number of benzene rings is 2. The van der Waals surface area contributed by atoms with E-state index in [2.05, 4.69) is 20.7 Å². The Kier molecular flexibility index (Phi) is 7.42. The molecule has 0 saturated carbocycles. The van der Waals surface area contributed by atoms with Gasteiger partial charge in [0.25, 0.3) is 0 Å². The second-order valence-electron chi connectivity index (χ2n) is 10.3. The summed E-state index contributed by atoms with van der Waals surface area (Å²) in [4.78, 5) is 12.9. The van der Waals surface area contributed by atoms with Crippen molar-refractivity contribution >= 4 is 23.2 Å². The maximum atomic E-state index is 13.9. The van der Waals surface area contributed by atoms with Gasteiger partial charge in [0.2, 0.25) is 5.91 Å². The van der Waals surface area contributed by atoms with Gasteiger partial charge in [0.15, 0.2) is 17.0 Å². The van der Waals surface area contributed by atoms with Crippen LogP contribution in [0.25, 0.3) is 28.1 Å². The minimum Gasteiger partial charge on any atom is -0.618 e. The monoisotopic (exact) mass is 589 g/mol. The van der Waals surface area contributed by atoms with E-state index in [0.29, 0.717) is 46.5 Å². The Morgan fingerprint density at radius 1 is 1.10 bits per heavy atom. The SMILES string of the molecule is C[C@@H]1CCC[C@H](c2ccc(-c3ccccc3-n3cc(Cl)nn3)c[n+]2[O-])c2cccc(c2)-c2c(cnn2C(F)F)NC1=O. The third-order valence-corrected chi connectivity index (χ3v) is 7.78. The lowest BCUT2D eigenvalue weighted by molar-refractivity contribution is -0.614. The first kappa shape index (κ1) is 27.5. The molecule has 214 valence electrons. The molecule has 2 bridgehead atoms. The van der Waals surface area contributed by atoms with Crippen LogP contribution < -0.4 is 10.0 Å². The Morgan fingerprint density at radius 2 is 1.93 bits per heavy atom. The normalized spacial score (nSPS) is 17.3. The Balaban J connectivity index is 1.43. The van der Waals surface area contributed by atoms with Crippen molar-refractivity contribution in [2.45, 2.75) is 38.7 Å². The minimum absolute atomic E-state index is 0.113. The highest BCUT2D eigenvalue weighted by Crippen LogP contribution is 2.37. The third kappa shape index (κ3) is 5.23. The number of halogens is 3. The maximum Gasteiger partial charge on any atom is 0.333 e. The smallest absolute Gasteiger partial charge is 0.333 e. The molecule has 9 nitrogen and oxygen atoms in total. The minimum atomic E-state index is -2.90. The van der Waals surface area contributed by atoms with Gasteiger partial charge in [0.1, 0.15) is 0 Å². The zero-order valence-corrected chi connectivity index (χ0v) is 23.2. The van der Waals surface area contributed by atoms with Crippen molar-refractivity contribution in [1.82, 2.24) is 24.8 Å². The predicted molar refractivity (Wildman–Crippen MR) is 153 cm³/mol. The number of hydrogen-bond acceptors (Lipinski definition) is 5. The van der Waals surface area contributed by atoms with E-state index in [1.165, 1.54) is 12.4 Å². The molecule has 0 aliphatic carbocycles. The lowest BCUT2D eigenvalue weighted by Crippen LogP contribution is -2.34. The second-order valence-corrected chi connectivity index (χ2v) is 10.7. The van der Waals surface area contributed by atoms with Gasteiger partial charge < -0.3 is 10.5 Å². The molecule has 1 aliphatic heterocycles. The van der Waals surface area contributed by atoms with Gasteiger partial charge in [-0.15, -0.1) is 5.10 Å². The molecule has 12 heteroatoms. The second kappa shape index (κ2) is 11.3. The maximum absolute atomic E-state index is 13.9. The van der Waals surface area contributed by atoms with Crippen LogP contribution in [0.4, 0.5) is 14.5 Å². The number of rotatable bonds is 4. The van der Waals surface area contributed by atoms with Gasteiger partial charge >= 0.3 is 6.55 Å². The van der Waals surface area contributed by atoms with Crippen molar-refractivity contribution in [3.05, 3.63) is 101 Å². The fourth-order valence-electron chi connectivity index (χ4n) is 5.49. The molecule has 2 aromatic carbocycles. The summed E-state index contributed by atoms with van der Waals surface area (Å²) in [5.41, 5.74) is 4.26. The van der Waals surface area contributed by atoms with Gasteiger partial charge in [-0.05, 0) is 36.6 Å². The molecule has 3 aromatic heterocycles. The zero-order chi connectivity index (χ0) is 29.4. The molecule has 0 spiro atoms. The quantitative estimate of drug-likeness (QED) is 0.194.